The number of benzene rings is 1. The van der Waals surface area contributed by atoms with E-state index in [0.717, 1.165) is 30.3 Å². The average Bonchev–Trinajstić information content (AvgIpc) is 2.63. The number of thioether (sulfide) groups is 1. The van der Waals surface area contributed by atoms with Crippen molar-refractivity contribution in [2.75, 3.05) is 39.0 Å². The Hall–Kier alpha value is -1.41. The summed E-state index contributed by atoms with van der Waals surface area (Å²) < 4.78 is 26.9. The van der Waals surface area contributed by atoms with Gasteiger partial charge in [-0.3, -0.25) is 0 Å². The SMILES string of the molecule is CN1CCN(S(=O)(=O)c2ccc(SCCc3ccccc3)nc2)CC1. The standard InChI is InChI=1S/C18H23N3O2S2/c1-20-10-12-21(13-11-20)25(22,23)17-7-8-18(19-15-17)24-14-9-16-5-3-2-4-6-16/h2-8,15H,9-14H2,1H3. The van der Waals surface area contributed by atoms with Crippen molar-refractivity contribution in [3.8, 4) is 0 Å². The van der Waals surface area contributed by atoms with E-state index in [0.29, 0.717) is 13.1 Å². The molecule has 0 aliphatic carbocycles. The summed E-state index contributed by atoms with van der Waals surface area (Å²) in [6.07, 6.45) is 2.45. The number of likely N-dealkylation sites (N-methyl/N-ethyl adjacent to an activating group) is 1. The molecule has 1 saturated heterocycles. The summed E-state index contributed by atoms with van der Waals surface area (Å²) in [5, 5.41) is 0.855. The summed E-state index contributed by atoms with van der Waals surface area (Å²) in [7, 11) is -1.42. The summed E-state index contributed by atoms with van der Waals surface area (Å²) in [6.45, 7) is 2.60. The summed E-state index contributed by atoms with van der Waals surface area (Å²) in [5.74, 6) is 0.918. The van der Waals surface area contributed by atoms with Crippen LogP contribution in [0.15, 0.2) is 58.6 Å². The van der Waals surface area contributed by atoms with Crippen LogP contribution < -0.4 is 0 Å². The Balaban J connectivity index is 1.58. The molecule has 1 aromatic heterocycles. The highest BCUT2D eigenvalue weighted by Gasteiger charge is 2.27. The topological polar surface area (TPSA) is 53.5 Å². The van der Waals surface area contributed by atoms with Gasteiger partial charge in [-0.05, 0) is 31.2 Å². The van der Waals surface area contributed by atoms with Crippen molar-refractivity contribution in [1.82, 2.24) is 14.2 Å². The number of piperazine rings is 1. The van der Waals surface area contributed by atoms with E-state index in [9.17, 15) is 8.42 Å². The molecule has 25 heavy (non-hydrogen) atoms. The van der Waals surface area contributed by atoms with Gasteiger partial charge in [0, 0.05) is 38.1 Å². The van der Waals surface area contributed by atoms with Crippen LogP contribution in [0.3, 0.4) is 0 Å². The van der Waals surface area contributed by atoms with Gasteiger partial charge in [-0.25, -0.2) is 13.4 Å². The van der Waals surface area contributed by atoms with Gasteiger partial charge >= 0.3 is 0 Å². The van der Waals surface area contributed by atoms with E-state index in [2.05, 4.69) is 22.0 Å². The molecule has 3 rings (SSSR count). The highest BCUT2D eigenvalue weighted by molar-refractivity contribution is 7.99. The minimum absolute atomic E-state index is 0.282. The fourth-order valence-corrected chi connectivity index (χ4v) is 4.91. The van der Waals surface area contributed by atoms with Crippen LogP contribution in [0.5, 0.6) is 0 Å². The van der Waals surface area contributed by atoms with Crippen molar-refractivity contribution >= 4 is 21.8 Å². The van der Waals surface area contributed by atoms with E-state index in [4.69, 9.17) is 0 Å². The third-order valence-electron chi connectivity index (χ3n) is 4.29. The molecule has 1 aliphatic rings. The van der Waals surface area contributed by atoms with Crippen LogP contribution in [0, 0.1) is 0 Å². The molecular formula is C18H23N3O2S2. The van der Waals surface area contributed by atoms with E-state index in [-0.39, 0.29) is 4.90 Å². The van der Waals surface area contributed by atoms with Gasteiger partial charge in [0.2, 0.25) is 10.0 Å². The van der Waals surface area contributed by atoms with Crippen molar-refractivity contribution in [1.29, 1.82) is 0 Å². The Kier molecular flexibility index (Phi) is 6.11. The summed E-state index contributed by atoms with van der Waals surface area (Å²) in [6, 6.07) is 13.8. The Bertz CT molecular complexity index is 772. The minimum Gasteiger partial charge on any atom is -0.304 e. The van der Waals surface area contributed by atoms with Crippen molar-refractivity contribution in [3.05, 3.63) is 54.2 Å². The zero-order valence-corrected chi connectivity index (χ0v) is 16.0. The van der Waals surface area contributed by atoms with E-state index in [1.807, 2.05) is 25.2 Å². The molecule has 7 heteroatoms. The van der Waals surface area contributed by atoms with Crippen molar-refractivity contribution in [2.24, 2.45) is 0 Å². The third kappa shape index (κ3) is 4.82. The molecule has 1 fully saturated rings. The van der Waals surface area contributed by atoms with Crippen LogP contribution in [-0.4, -0.2) is 61.6 Å². The highest BCUT2D eigenvalue weighted by atomic mass is 32.2. The van der Waals surface area contributed by atoms with Crippen LogP contribution in [0.2, 0.25) is 0 Å². The highest BCUT2D eigenvalue weighted by Crippen LogP contribution is 2.21. The van der Waals surface area contributed by atoms with Crippen LogP contribution in [0.25, 0.3) is 0 Å². The molecule has 0 spiro atoms. The third-order valence-corrected chi connectivity index (χ3v) is 7.12. The monoisotopic (exact) mass is 377 g/mol. The molecule has 0 radical (unpaired) electrons. The lowest BCUT2D eigenvalue weighted by Gasteiger charge is -2.31. The second kappa shape index (κ2) is 8.31. The first-order valence-corrected chi connectivity index (χ1v) is 10.8. The van der Waals surface area contributed by atoms with Crippen LogP contribution in [0.1, 0.15) is 5.56 Å². The first kappa shape index (κ1) is 18.4. The minimum atomic E-state index is -3.43. The van der Waals surface area contributed by atoms with Gasteiger partial charge in [-0.1, -0.05) is 30.3 Å². The number of sulfonamides is 1. The van der Waals surface area contributed by atoms with Crippen LogP contribution >= 0.6 is 11.8 Å². The number of pyridine rings is 1. The molecule has 2 heterocycles. The number of hydrogen-bond donors (Lipinski definition) is 0. The molecule has 0 saturated carbocycles. The smallest absolute Gasteiger partial charge is 0.244 e. The Labute approximate surface area is 154 Å². The number of aromatic nitrogens is 1. The first-order valence-electron chi connectivity index (χ1n) is 8.37. The molecule has 1 aliphatic heterocycles. The van der Waals surface area contributed by atoms with E-state index in [1.54, 1.807) is 28.2 Å². The zero-order valence-electron chi connectivity index (χ0n) is 14.3. The number of nitrogens with zero attached hydrogens (tertiary/aromatic N) is 3. The maximum Gasteiger partial charge on any atom is 0.244 e. The van der Waals surface area contributed by atoms with Crippen molar-refractivity contribution < 1.29 is 8.42 Å². The summed E-state index contributed by atoms with van der Waals surface area (Å²) >= 11 is 1.64. The van der Waals surface area contributed by atoms with E-state index >= 15 is 0 Å². The molecule has 1 aromatic carbocycles. The summed E-state index contributed by atoms with van der Waals surface area (Å²) in [4.78, 5) is 6.75. The Morgan fingerprint density at radius 1 is 1.04 bits per heavy atom. The van der Waals surface area contributed by atoms with Crippen molar-refractivity contribution in [2.45, 2.75) is 16.3 Å². The quantitative estimate of drug-likeness (QED) is 0.724. The summed E-state index contributed by atoms with van der Waals surface area (Å²) in [5.41, 5.74) is 1.30. The fourth-order valence-electron chi connectivity index (χ4n) is 2.70. The molecule has 2 aromatic rings. The molecule has 0 amide bonds. The average molecular weight is 378 g/mol. The van der Waals surface area contributed by atoms with E-state index < -0.39 is 10.0 Å². The predicted molar refractivity (Wildman–Crippen MR) is 101 cm³/mol. The largest absolute Gasteiger partial charge is 0.304 e. The van der Waals surface area contributed by atoms with Gasteiger partial charge in [0.25, 0.3) is 0 Å². The number of aryl methyl sites for hydroxylation is 1. The molecule has 0 unspecified atom stereocenters. The lowest BCUT2D eigenvalue weighted by Crippen LogP contribution is -2.47. The lowest BCUT2D eigenvalue weighted by atomic mass is 10.2. The van der Waals surface area contributed by atoms with Gasteiger partial charge < -0.3 is 4.90 Å². The fraction of sp³-hybridized carbons (Fsp3) is 0.389. The molecule has 0 N–H and O–H groups in total. The molecular weight excluding hydrogens is 354 g/mol. The molecule has 134 valence electrons. The normalized spacial score (nSPS) is 16.8. The van der Waals surface area contributed by atoms with Gasteiger partial charge in [0.1, 0.15) is 4.90 Å². The van der Waals surface area contributed by atoms with Gasteiger partial charge in [-0.2, -0.15) is 4.31 Å². The molecule has 0 atom stereocenters. The number of hydrogen-bond acceptors (Lipinski definition) is 5. The van der Waals surface area contributed by atoms with Crippen LogP contribution in [-0.2, 0) is 16.4 Å². The zero-order chi connectivity index (χ0) is 17.7. The predicted octanol–water partition coefficient (Wildman–Crippen LogP) is 2.35. The number of rotatable bonds is 6. The van der Waals surface area contributed by atoms with Crippen LogP contribution in [0.4, 0.5) is 0 Å². The van der Waals surface area contributed by atoms with Crippen molar-refractivity contribution in [3.63, 3.8) is 0 Å². The van der Waals surface area contributed by atoms with Gasteiger partial charge in [0.15, 0.2) is 0 Å². The van der Waals surface area contributed by atoms with Gasteiger partial charge in [-0.15, -0.1) is 11.8 Å². The molecule has 0 bridgehead atoms. The Morgan fingerprint density at radius 2 is 1.76 bits per heavy atom. The maximum absolute atomic E-state index is 12.7. The second-order valence-electron chi connectivity index (χ2n) is 6.12. The maximum atomic E-state index is 12.7. The first-order chi connectivity index (χ1) is 12.1. The molecule has 5 nitrogen and oxygen atoms in total. The van der Waals surface area contributed by atoms with Gasteiger partial charge in [0.05, 0.1) is 5.03 Å². The Morgan fingerprint density at radius 3 is 2.40 bits per heavy atom. The lowest BCUT2D eigenvalue weighted by molar-refractivity contribution is 0.222. The second-order valence-corrected chi connectivity index (χ2v) is 9.18. The van der Waals surface area contributed by atoms with E-state index in [1.165, 1.54) is 11.8 Å².